The molecule has 1 unspecified atom stereocenters. The van der Waals surface area contributed by atoms with Crippen LogP contribution in [0.3, 0.4) is 0 Å². The van der Waals surface area contributed by atoms with Crippen molar-refractivity contribution in [2.24, 2.45) is 17.4 Å². The van der Waals surface area contributed by atoms with E-state index in [9.17, 15) is 13.9 Å². The fourth-order valence-electron chi connectivity index (χ4n) is 3.20. The normalized spacial score (nSPS) is 14.8. The van der Waals surface area contributed by atoms with Gasteiger partial charge in [-0.1, -0.05) is 11.8 Å². The summed E-state index contributed by atoms with van der Waals surface area (Å²) in [5, 5.41) is 17.9. The molecule has 1 N–H and O–H groups in total. The number of β-amino-alcohol motifs (C(OH)–C–C–N with tert-alkyl or cyclic N) is 1. The van der Waals surface area contributed by atoms with E-state index in [4.69, 9.17) is 0 Å². The van der Waals surface area contributed by atoms with Gasteiger partial charge in [0.25, 0.3) is 6.34 Å². The molecule has 0 radical (unpaired) electrons. The fourth-order valence-corrected chi connectivity index (χ4v) is 3.20. The first-order chi connectivity index (χ1) is 15.2. The zero-order chi connectivity index (χ0) is 22.9. The Morgan fingerprint density at radius 2 is 1.84 bits per heavy atom. The number of hydrogen-bond donors (Lipinski definition) is 1. The van der Waals surface area contributed by atoms with Crippen molar-refractivity contribution in [2.45, 2.75) is 11.5 Å². The molecule has 1 aliphatic heterocycles. The Balaban J connectivity index is 1.70. The van der Waals surface area contributed by atoms with Crippen molar-refractivity contribution in [2.75, 3.05) is 6.54 Å². The predicted molar refractivity (Wildman–Crippen MR) is 106 cm³/mol. The van der Waals surface area contributed by atoms with Gasteiger partial charge in [0.05, 0.1) is 5.22 Å². The Kier molecular flexibility index (Phi) is 5.36. The average Bonchev–Trinajstić information content (AvgIpc) is 3.14. The van der Waals surface area contributed by atoms with Crippen molar-refractivity contribution >= 4 is 6.34 Å². The van der Waals surface area contributed by atoms with Crippen LogP contribution in [0.25, 0.3) is 0 Å². The molecule has 0 aliphatic carbocycles. The number of pyridine rings is 1. The standard InChI is InChI=1S/C22H16F4N5O/c1-30-9-8-16(12-30)3-2-15-4-7-20(27-11-15)22(25,26)21(32,13-31-14-28-29-31)18-6-5-17(23)10-19(18)24/h4-12,14,32H,13H2,1H3/q+1. The van der Waals surface area contributed by atoms with E-state index >= 15 is 8.78 Å². The molecule has 0 bridgehead atoms. The number of aliphatic hydroxyl groups is 1. The van der Waals surface area contributed by atoms with E-state index in [1.165, 1.54) is 6.07 Å². The Morgan fingerprint density at radius 3 is 2.41 bits per heavy atom. The summed E-state index contributed by atoms with van der Waals surface area (Å²) in [5.74, 6) is -0.666. The van der Waals surface area contributed by atoms with Gasteiger partial charge in [0.15, 0.2) is 5.60 Å². The van der Waals surface area contributed by atoms with Gasteiger partial charge in [-0.05, 0) is 30.3 Å². The molecule has 0 amide bonds. The molecule has 3 heterocycles. The van der Waals surface area contributed by atoms with Gasteiger partial charge < -0.3 is 9.67 Å². The molecule has 162 valence electrons. The summed E-state index contributed by atoms with van der Waals surface area (Å²) >= 11 is 0. The van der Waals surface area contributed by atoms with Crippen molar-refractivity contribution < 1.29 is 27.4 Å². The maximum atomic E-state index is 15.6. The molecule has 1 atom stereocenters. The highest BCUT2D eigenvalue weighted by Gasteiger charge is 2.59. The van der Waals surface area contributed by atoms with Gasteiger partial charge in [0.1, 0.15) is 23.9 Å². The van der Waals surface area contributed by atoms with E-state index in [1.807, 2.05) is 17.8 Å². The van der Waals surface area contributed by atoms with Crippen LogP contribution in [-0.4, -0.2) is 32.2 Å². The zero-order valence-corrected chi connectivity index (χ0v) is 16.7. The van der Waals surface area contributed by atoms with E-state index in [0.717, 1.165) is 41.0 Å². The van der Waals surface area contributed by atoms with Crippen LogP contribution < -0.4 is 0 Å². The van der Waals surface area contributed by atoms with Crippen molar-refractivity contribution in [3.63, 3.8) is 0 Å². The van der Waals surface area contributed by atoms with Crippen LogP contribution in [0.1, 0.15) is 22.4 Å². The largest absolute Gasteiger partial charge is 0.376 e. The first kappa shape index (κ1) is 21.4. The zero-order valence-electron chi connectivity index (χ0n) is 16.7. The average molecular weight is 442 g/mol. The smallest absolute Gasteiger partial charge is 0.325 e. The molecule has 6 nitrogen and oxygen atoms in total. The van der Waals surface area contributed by atoms with Gasteiger partial charge in [0, 0.05) is 53.5 Å². The molecule has 1 aromatic carbocycles. The highest BCUT2D eigenvalue weighted by Crippen LogP contribution is 2.46. The monoisotopic (exact) mass is 442 g/mol. The molecule has 0 saturated heterocycles. The lowest BCUT2D eigenvalue weighted by Gasteiger charge is -2.35. The first-order valence-electron chi connectivity index (χ1n) is 9.36. The topological polar surface area (TPSA) is 65.8 Å². The Bertz CT molecular complexity index is 1290. The van der Waals surface area contributed by atoms with Crippen molar-refractivity contribution in [3.05, 3.63) is 89.0 Å². The minimum atomic E-state index is -4.07. The molecule has 32 heavy (non-hydrogen) atoms. The van der Waals surface area contributed by atoms with Crippen LogP contribution in [0.2, 0.25) is 0 Å². The third-order valence-corrected chi connectivity index (χ3v) is 4.91. The highest BCUT2D eigenvalue weighted by atomic mass is 19.3. The molecule has 0 spiro atoms. The summed E-state index contributed by atoms with van der Waals surface area (Å²) in [6, 6.07) is 6.11. The molecule has 3 aromatic rings. The third-order valence-electron chi connectivity index (χ3n) is 4.91. The molecular formula is C22H16F4N5O+. The second-order valence-electron chi connectivity index (χ2n) is 7.22. The third kappa shape index (κ3) is 3.90. The van der Waals surface area contributed by atoms with Crippen LogP contribution in [0.15, 0.2) is 65.3 Å². The lowest BCUT2D eigenvalue weighted by atomic mass is 9.84. The maximum Gasteiger partial charge on any atom is 0.325 e. The SMILES string of the molecule is Cn1ccc(C#Cc2ccc(C(F)(F)C(O)(C[N+]3=NN=C3)c3ccc(F)cc3F)nc2)c1. The van der Waals surface area contributed by atoms with Gasteiger partial charge in [-0.15, -0.1) is 4.70 Å². The molecule has 0 fully saturated rings. The number of aromatic nitrogens is 2. The molecule has 1 aliphatic rings. The van der Waals surface area contributed by atoms with Crippen LogP contribution in [0, 0.1) is 23.5 Å². The predicted octanol–water partition coefficient (Wildman–Crippen LogP) is 3.50. The van der Waals surface area contributed by atoms with Crippen LogP contribution in [0.4, 0.5) is 17.6 Å². The lowest BCUT2D eigenvalue weighted by molar-refractivity contribution is -0.527. The number of benzene rings is 1. The molecule has 4 rings (SSSR count). The Labute approximate surface area is 180 Å². The van der Waals surface area contributed by atoms with Gasteiger partial charge in [-0.2, -0.15) is 8.78 Å². The fraction of sp³-hybridized carbons (Fsp3) is 0.182. The lowest BCUT2D eigenvalue weighted by Crippen LogP contribution is -2.50. The van der Waals surface area contributed by atoms with Crippen molar-refractivity contribution in [1.29, 1.82) is 0 Å². The number of hydrogen-bond acceptors (Lipinski definition) is 4. The highest BCUT2D eigenvalue weighted by molar-refractivity contribution is 5.45. The van der Waals surface area contributed by atoms with Gasteiger partial charge in [0.2, 0.25) is 0 Å². The summed E-state index contributed by atoms with van der Waals surface area (Å²) in [4.78, 5) is 3.76. The minimum absolute atomic E-state index is 0.370. The molecule has 2 aromatic heterocycles. The van der Waals surface area contributed by atoms with E-state index in [-0.39, 0.29) is 0 Å². The second kappa shape index (κ2) is 8.01. The van der Waals surface area contributed by atoms with E-state index in [1.54, 1.807) is 12.3 Å². The summed E-state index contributed by atoms with van der Waals surface area (Å²) in [6.07, 6.45) is 5.84. The summed E-state index contributed by atoms with van der Waals surface area (Å²) in [5.41, 5.74) is -3.62. The molecule has 10 heteroatoms. The summed E-state index contributed by atoms with van der Waals surface area (Å²) in [7, 11) is 1.84. The van der Waals surface area contributed by atoms with E-state index in [2.05, 4.69) is 27.1 Å². The van der Waals surface area contributed by atoms with Crippen LogP contribution in [-0.2, 0) is 18.6 Å². The van der Waals surface area contributed by atoms with E-state index < -0.39 is 41.0 Å². The molecular weight excluding hydrogens is 426 g/mol. The van der Waals surface area contributed by atoms with Gasteiger partial charge >= 0.3 is 5.92 Å². The van der Waals surface area contributed by atoms with E-state index in [0.29, 0.717) is 11.6 Å². The number of rotatable bonds is 5. The minimum Gasteiger partial charge on any atom is -0.376 e. The quantitative estimate of drug-likeness (QED) is 0.374. The van der Waals surface area contributed by atoms with Crippen molar-refractivity contribution in [3.8, 4) is 11.8 Å². The second-order valence-corrected chi connectivity index (χ2v) is 7.22. The van der Waals surface area contributed by atoms with Gasteiger partial charge in [-0.3, -0.25) is 4.98 Å². The van der Waals surface area contributed by atoms with Crippen LogP contribution >= 0.6 is 0 Å². The van der Waals surface area contributed by atoms with Crippen LogP contribution in [0.5, 0.6) is 0 Å². The van der Waals surface area contributed by atoms with Gasteiger partial charge in [-0.25, -0.2) is 8.78 Å². The first-order valence-corrected chi connectivity index (χ1v) is 9.36. The molecule has 0 saturated carbocycles. The number of alkyl halides is 2. The summed E-state index contributed by atoms with van der Waals surface area (Å²) < 4.78 is 61.6. The Morgan fingerprint density at radius 1 is 1.09 bits per heavy atom. The number of halogens is 4. The van der Waals surface area contributed by atoms with Crippen molar-refractivity contribution in [1.82, 2.24) is 9.55 Å². The number of nitrogens with zero attached hydrogens (tertiary/aromatic N) is 5. The maximum absolute atomic E-state index is 15.6. The summed E-state index contributed by atoms with van der Waals surface area (Å²) in [6.45, 7) is -0.830. The number of aryl methyl sites for hydroxylation is 1. The Hall–Kier alpha value is -3.84.